The van der Waals surface area contributed by atoms with E-state index in [1.807, 2.05) is 0 Å². The largest absolute Gasteiger partial charge is 0.330 e. The molecule has 1 aromatic rings. The van der Waals surface area contributed by atoms with Crippen molar-refractivity contribution in [1.29, 1.82) is 0 Å². The Kier molecular flexibility index (Phi) is 4.20. The number of hydrogen-bond acceptors (Lipinski definition) is 4. The zero-order valence-corrected chi connectivity index (χ0v) is 8.43. The summed E-state index contributed by atoms with van der Waals surface area (Å²) >= 11 is 0. The summed E-state index contributed by atoms with van der Waals surface area (Å²) in [4.78, 5) is 9.99. The van der Waals surface area contributed by atoms with E-state index in [1.165, 1.54) is 12.1 Å². The fourth-order valence-electron chi connectivity index (χ4n) is 1.35. The first-order valence-corrected chi connectivity index (χ1v) is 4.85. The quantitative estimate of drug-likeness (QED) is 0.565. The molecule has 0 amide bonds. The molecule has 1 rings (SSSR count). The van der Waals surface area contributed by atoms with Crippen molar-refractivity contribution in [2.24, 2.45) is 11.5 Å². The van der Waals surface area contributed by atoms with E-state index in [-0.39, 0.29) is 11.7 Å². The van der Waals surface area contributed by atoms with Crippen molar-refractivity contribution in [3.05, 3.63) is 39.9 Å². The molecule has 5 heteroatoms. The van der Waals surface area contributed by atoms with Gasteiger partial charge in [0.1, 0.15) is 0 Å². The van der Waals surface area contributed by atoms with Crippen LogP contribution in [0.2, 0.25) is 0 Å². The molecule has 82 valence electrons. The molecule has 1 aromatic carbocycles. The Morgan fingerprint density at radius 1 is 1.33 bits per heavy atom. The van der Waals surface area contributed by atoms with Gasteiger partial charge in [0, 0.05) is 18.2 Å². The highest BCUT2D eigenvalue weighted by Gasteiger charge is 2.08. The van der Waals surface area contributed by atoms with E-state index in [0.717, 1.165) is 18.4 Å². The maximum Gasteiger partial charge on any atom is 0.269 e. The SMILES string of the molecule is NCCC[C@H](N)c1ccc([N+](=O)[O-])cc1. The Morgan fingerprint density at radius 2 is 1.93 bits per heavy atom. The zero-order chi connectivity index (χ0) is 11.3. The summed E-state index contributed by atoms with van der Waals surface area (Å²) < 4.78 is 0. The van der Waals surface area contributed by atoms with Gasteiger partial charge in [-0.3, -0.25) is 10.1 Å². The second-order valence-corrected chi connectivity index (χ2v) is 3.39. The lowest BCUT2D eigenvalue weighted by Gasteiger charge is -2.10. The average Bonchev–Trinajstić information content (AvgIpc) is 2.26. The molecule has 0 saturated heterocycles. The summed E-state index contributed by atoms with van der Waals surface area (Å²) in [5.41, 5.74) is 12.3. The topological polar surface area (TPSA) is 95.2 Å². The first kappa shape index (κ1) is 11.6. The van der Waals surface area contributed by atoms with Crippen LogP contribution in [-0.2, 0) is 0 Å². The highest BCUT2D eigenvalue weighted by Crippen LogP contribution is 2.18. The van der Waals surface area contributed by atoms with Gasteiger partial charge in [0.15, 0.2) is 0 Å². The first-order valence-electron chi connectivity index (χ1n) is 4.85. The molecule has 0 aliphatic heterocycles. The lowest BCUT2D eigenvalue weighted by Crippen LogP contribution is -2.12. The smallest absolute Gasteiger partial charge is 0.269 e. The van der Waals surface area contributed by atoms with Gasteiger partial charge in [-0.2, -0.15) is 0 Å². The number of nitro benzene ring substituents is 1. The number of non-ortho nitro benzene ring substituents is 1. The van der Waals surface area contributed by atoms with Crippen LogP contribution in [-0.4, -0.2) is 11.5 Å². The highest BCUT2D eigenvalue weighted by molar-refractivity contribution is 5.34. The van der Waals surface area contributed by atoms with E-state index in [9.17, 15) is 10.1 Å². The van der Waals surface area contributed by atoms with E-state index >= 15 is 0 Å². The van der Waals surface area contributed by atoms with Gasteiger partial charge in [-0.1, -0.05) is 12.1 Å². The van der Waals surface area contributed by atoms with Gasteiger partial charge in [0.05, 0.1) is 4.92 Å². The van der Waals surface area contributed by atoms with Crippen LogP contribution >= 0.6 is 0 Å². The number of nitro groups is 1. The second-order valence-electron chi connectivity index (χ2n) is 3.39. The maximum atomic E-state index is 10.4. The fourth-order valence-corrected chi connectivity index (χ4v) is 1.35. The van der Waals surface area contributed by atoms with Crippen LogP contribution in [0.5, 0.6) is 0 Å². The molecule has 0 radical (unpaired) electrons. The zero-order valence-electron chi connectivity index (χ0n) is 8.43. The Bertz CT molecular complexity index is 324. The number of nitrogens with two attached hydrogens (primary N) is 2. The van der Waals surface area contributed by atoms with E-state index < -0.39 is 4.92 Å². The molecule has 0 aliphatic rings. The highest BCUT2D eigenvalue weighted by atomic mass is 16.6. The number of benzene rings is 1. The number of nitrogens with zero attached hydrogens (tertiary/aromatic N) is 1. The minimum absolute atomic E-state index is 0.0878. The lowest BCUT2D eigenvalue weighted by molar-refractivity contribution is -0.384. The Morgan fingerprint density at radius 3 is 2.40 bits per heavy atom. The fraction of sp³-hybridized carbons (Fsp3) is 0.400. The first-order chi connectivity index (χ1) is 7.15. The molecule has 0 heterocycles. The Hall–Kier alpha value is -1.46. The summed E-state index contributed by atoms with van der Waals surface area (Å²) in [6.07, 6.45) is 1.66. The minimum atomic E-state index is -0.421. The van der Waals surface area contributed by atoms with Gasteiger partial charge in [-0.05, 0) is 24.9 Å². The predicted octanol–water partition coefficient (Wildman–Crippen LogP) is 1.33. The molecule has 0 spiro atoms. The van der Waals surface area contributed by atoms with Crippen molar-refractivity contribution < 1.29 is 4.92 Å². The van der Waals surface area contributed by atoms with Gasteiger partial charge >= 0.3 is 0 Å². The molecule has 5 nitrogen and oxygen atoms in total. The maximum absolute atomic E-state index is 10.4. The monoisotopic (exact) mass is 209 g/mol. The van der Waals surface area contributed by atoms with Crippen molar-refractivity contribution in [3.63, 3.8) is 0 Å². The second kappa shape index (κ2) is 5.43. The lowest BCUT2D eigenvalue weighted by atomic mass is 10.0. The van der Waals surface area contributed by atoms with Gasteiger partial charge in [-0.25, -0.2) is 0 Å². The standard InChI is InChI=1S/C10H15N3O2/c11-7-1-2-10(12)8-3-5-9(6-4-8)13(14)15/h3-6,10H,1-2,7,11-12H2/t10-/m0/s1. The van der Waals surface area contributed by atoms with Gasteiger partial charge in [0.25, 0.3) is 5.69 Å². The number of hydrogen-bond donors (Lipinski definition) is 2. The van der Waals surface area contributed by atoms with Crippen LogP contribution in [0.25, 0.3) is 0 Å². The van der Waals surface area contributed by atoms with Gasteiger partial charge in [-0.15, -0.1) is 0 Å². The van der Waals surface area contributed by atoms with Crippen LogP contribution < -0.4 is 11.5 Å². The number of rotatable bonds is 5. The molecule has 15 heavy (non-hydrogen) atoms. The van der Waals surface area contributed by atoms with Crippen LogP contribution in [0.1, 0.15) is 24.4 Å². The molecule has 0 saturated carbocycles. The van der Waals surface area contributed by atoms with E-state index in [1.54, 1.807) is 12.1 Å². The third-order valence-electron chi connectivity index (χ3n) is 2.25. The summed E-state index contributed by atoms with van der Waals surface area (Å²) in [6.45, 7) is 0.612. The van der Waals surface area contributed by atoms with Gasteiger partial charge in [0.2, 0.25) is 0 Å². The Balaban J connectivity index is 2.66. The summed E-state index contributed by atoms with van der Waals surface area (Å²) in [5.74, 6) is 0. The van der Waals surface area contributed by atoms with E-state index in [0.29, 0.717) is 6.54 Å². The van der Waals surface area contributed by atoms with Crippen molar-refractivity contribution in [3.8, 4) is 0 Å². The average molecular weight is 209 g/mol. The minimum Gasteiger partial charge on any atom is -0.330 e. The third kappa shape index (κ3) is 3.30. The van der Waals surface area contributed by atoms with Crippen LogP contribution in [0.3, 0.4) is 0 Å². The molecule has 0 unspecified atom stereocenters. The summed E-state index contributed by atoms with van der Waals surface area (Å²) in [5, 5.41) is 10.4. The molecular formula is C10H15N3O2. The molecular weight excluding hydrogens is 194 g/mol. The summed E-state index contributed by atoms with van der Waals surface area (Å²) in [7, 11) is 0. The predicted molar refractivity (Wildman–Crippen MR) is 58.3 cm³/mol. The molecule has 0 fully saturated rings. The molecule has 0 bridgehead atoms. The van der Waals surface area contributed by atoms with Gasteiger partial charge < -0.3 is 11.5 Å². The van der Waals surface area contributed by atoms with Crippen LogP contribution in [0.4, 0.5) is 5.69 Å². The summed E-state index contributed by atoms with van der Waals surface area (Å²) in [6, 6.07) is 6.24. The van der Waals surface area contributed by atoms with Crippen molar-refractivity contribution in [1.82, 2.24) is 0 Å². The molecule has 0 aromatic heterocycles. The normalized spacial score (nSPS) is 12.4. The van der Waals surface area contributed by atoms with E-state index in [2.05, 4.69) is 0 Å². The van der Waals surface area contributed by atoms with Crippen molar-refractivity contribution in [2.75, 3.05) is 6.54 Å². The molecule has 0 aliphatic carbocycles. The van der Waals surface area contributed by atoms with Crippen molar-refractivity contribution >= 4 is 5.69 Å². The van der Waals surface area contributed by atoms with Crippen LogP contribution in [0, 0.1) is 10.1 Å². The van der Waals surface area contributed by atoms with Crippen molar-refractivity contribution in [2.45, 2.75) is 18.9 Å². The third-order valence-corrected chi connectivity index (χ3v) is 2.25. The van der Waals surface area contributed by atoms with Crippen LogP contribution in [0.15, 0.2) is 24.3 Å². The van der Waals surface area contributed by atoms with E-state index in [4.69, 9.17) is 11.5 Å². The molecule has 4 N–H and O–H groups in total. The molecule has 1 atom stereocenters. The Labute approximate surface area is 88.2 Å².